The van der Waals surface area contributed by atoms with Crippen molar-refractivity contribution >= 4 is 11.8 Å². The molecule has 1 aliphatic heterocycles. The Balaban J connectivity index is 1.38. The van der Waals surface area contributed by atoms with Gasteiger partial charge in [0.1, 0.15) is 18.4 Å². The molecule has 1 aromatic heterocycles. The van der Waals surface area contributed by atoms with Gasteiger partial charge in [0.25, 0.3) is 5.91 Å². The largest absolute Gasteiger partial charge is 0.493 e. The molecule has 0 aliphatic carbocycles. The summed E-state index contributed by atoms with van der Waals surface area (Å²) in [5.74, 6) is 0.727. The number of hydrogen-bond acceptors (Lipinski definition) is 9. The van der Waals surface area contributed by atoms with E-state index in [1.165, 1.54) is 7.11 Å². The minimum absolute atomic E-state index is 0.0593. The number of aliphatic hydroxyl groups excluding tert-OH is 1. The molecule has 0 fully saturated rings. The average molecular weight is 643 g/mol. The van der Waals surface area contributed by atoms with Crippen LogP contribution in [-0.2, 0) is 30.7 Å². The zero-order chi connectivity index (χ0) is 32.8. The molecule has 0 unspecified atom stereocenters. The zero-order valence-corrected chi connectivity index (χ0v) is 26.6. The van der Waals surface area contributed by atoms with E-state index in [1.807, 2.05) is 60.8 Å². The number of para-hydroxylation sites is 1. The van der Waals surface area contributed by atoms with E-state index in [0.29, 0.717) is 75.8 Å². The molecule has 1 atom stereocenters. The molecule has 2 amide bonds. The number of benzene rings is 3. The Hall–Kier alpha value is -4.94. The zero-order valence-electron chi connectivity index (χ0n) is 26.6. The number of carbonyl (C=O) groups excluding carboxylic acids is 2. The number of aliphatic hydroxyl groups is 1. The van der Waals surface area contributed by atoms with E-state index in [2.05, 4.69) is 25.8 Å². The van der Waals surface area contributed by atoms with Crippen molar-refractivity contribution in [3.63, 3.8) is 0 Å². The van der Waals surface area contributed by atoms with Crippen LogP contribution in [0.15, 0.2) is 79.0 Å². The highest BCUT2D eigenvalue weighted by Crippen LogP contribution is 2.31. The summed E-state index contributed by atoms with van der Waals surface area (Å²) in [4.78, 5) is 29.6. The van der Waals surface area contributed by atoms with Crippen LogP contribution >= 0.6 is 0 Å². The Morgan fingerprint density at radius 2 is 1.83 bits per heavy atom. The van der Waals surface area contributed by atoms with Crippen LogP contribution in [-0.4, -0.2) is 89.4 Å². The lowest BCUT2D eigenvalue weighted by molar-refractivity contribution is -0.123. The normalized spacial score (nSPS) is 16.8. The molecule has 2 bridgehead atoms. The molecule has 2 heterocycles. The van der Waals surface area contributed by atoms with Crippen LogP contribution in [0, 0.1) is 0 Å². The van der Waals surface area contributed by atoms with Gasteiger partial charge in [0.15, 0.2) is 11.5 Å². The van der Waals surface area contributed by atoms with Gasteiger partial charge in [-0.05, 0) is 35.4 Å². The van der Waals surface area contributed by atoms with Gasteiger partial charge >= 0.3 is 0 Å². The summed E-state index contributed by atoms with van der Waals surface area (Å²) in [6, 6.07) is 21.7. The standard InChI is InChI=1S/C35H42N6O6/c1-45-32-13-6-12-30-33(32)47-20-7-16-41-25-28(38-39-41)14-17-40(24-27-10-5-11-29(22-27)46-21-19-42)18-15-36-35(44)31(37-34(30)43)23-26-8-3-2-4-9-26/h2-6,8-13,22,25,31,42H,7,14-21,23-24H2,1H3,(H,36,44)(H,37,43)/t31-/m0/s1. The minimum Gasteiger partial charge on any atom is -0.493 e. The Kier molecular flexibility index (Phi) is 12.2. The van der Waals surface area contributed by atoms with Crippen molar-refractivity contribution < 1.29 is 28.9 Å². The van der Waals surface area contributed by atoms with E-state index >= 15 is 0 Å². The summed E-state index contributed by atoms with van der Waals surface area (Å²) in [7, 11) is 1.53. The predicted molar refractivity (Wildman–Crippen MR) is 176 cm³/mol. The van der Waals surface area contributed by atoms with Crippen molar-refractivity contribution in [1.82, 2.24) is 30.5 Å². The van der Waals surface area contributed by atoms with E-state index in [-0.39, 0.29) is 24.7 Å². The molecule has 3 aromatic carbocycles. The average Bonchev–Trinajstić information content (AvgIpc) is 3.55. The van der Waals surface area contributed by atoms with E-state index in [0.717, 1.165) is 16.8 Å². The number of aromatic nitrogens is 3. The highest BCUT2D eigenvalue weighted by atomic mass is 16.5. The SMILES string of the molecule is COc1cccc2c1OCCCn1cc(nn1)CCN(Cc1cccc(OCCO)c1)CCNC(=O)[C@H](Cc1ccccc1)NC2=O. The first kappa shape index (κ1) is 33.4. The molecule has 4 aromatic rings. The van der Waals surface area contributed by atoms with Gasteiger partial charge in [0.05, 0.1) is 31.6 Å². The predicted octanol–water partition coefficient (Wildman–Crippen LogP) is 2.64. The van der Waals surface area contributed by atoms with Gasteiger partial charge < -0.3 is 30.0 Å². The number of methoxy groups -OCH3 is 1. The van der Waals surface area contributed by atoms with Crippen LogP contribution in [0.25, 0.3) is 0 Å². The third kappa shape index (κ3) is 9.77. The molecule has 12 heteroatoms. The Morgan fingerprint density at radius 3 is 2.66 bits per heavy atom. The molecule has 3 N–H and O–H groups in total. The Bertz CT molecular complexity index is 1600. The van der Waals surface area contributed by atoms with E-state index in [4.69, 9.17) is 19.3 Å². The number of nitrogens with zero attached hydrogens (tertiary/aromatic N) is 4. The Labute approximate surface area is 274 Å². The number of hydrogen-bond donors (Lipinski definition) is 3. The van der Waals surface area contributed by atoms with Gasteiger partial charge in [-0.25, -0.2) is 0 Å². The van der Waals surface area contributed by atoms with Gasteiger partial charge in [-0.15, -0.1) is 5.10 Å². The summed E-state index contributed by atoms with van der Waals surface area (Å²) < 4.78 is 19.0. The maximum absolute atomic E-state index is 13.7. The molecule has 0 radical (unpaired) electrons. The fraction of sp³-hybridized carbons (Fsp3) is 0.371. The van der Waals surface area contributed by atoms with Crippen molar-refractivity contribution in [3.8, 4) is 17.2 Å². The third-order valence-electron chi connectivity index (χ3n) is 7.79. The number of amides is 2. The van der Waals surface area contributed by atoms with Gasteiger partial charge in [0, 0.05) is 58.2 Å². The topological polar surface area (TPSA) is 140 Å². The fourth-order valence-corrected chi connectivity index (χ4v) is 5.42. The second-order valence-corrected chi connectivity index (χ2v) is 11.3. The van der Waals surface area contributed by atoms with Gasteiger partial charge in [0.2, 0.25) is 5.91 Å². The number of fused-ring (bicyclic) bond motifs is 3. The van der Waals surface area contributed by atoms with Crippen LogP contribution in [0.5, 0.6) is 17.2 Å². The van der Waals surface area contributed by atoms with Crippen molar-refractivity contribution in [3.05, 3.63) is 101 Å². The summed E-state index contributed by atoms with van der Waals surface area (Å²) in [5.41, 5.74) is 3.11. The first-order valence-corrected chi connectivity index (χ1v) is 15.9. The lowest BCUT2D eigenvalue weighted by Crippen LogP contribution is -2.49. The quantitative estimate of drug-likeness (QED) is 0.265. The molecule has 12 nitrogen and oxygen atoms in total. The fourth-order valence-electron chi connectivity index (χ4n) is 5.42. The number of rotatable bonds is 8. The smallest absolute Gasteiger partial charge is 0.255 e. The number of aryl methyl sites for hydroxylation is 1. The van der Waals surface area contributed by atoms with Crippen LogP contribution in [0.3, 0.4) is 0 Å². The summed E-state index contributed by atoms with van der Waals surface area (Å²) >= 11 is 0. The summed E-state index contributed by atoms with van der Waals surface area (Å²) in [6.07, 6.45) is 3.55. The molecule has 248 valence electrons. The van der Waals surface area contributed by atoms with Gasteiger partial charge in [-0.3, -0.25) is 19.2 Å². The molecule has 0 saturated carbocycles. The summed E-state index contributed by atoms with van der Waals surface area (Å²) in [5, 5.41) is 23.8. The molecular formula is C35H42N6O6. The Morgan fingerprint density at radius 1 is 1.00 bits per heavy atom. The lowest BCUT2D eigenvalue weighted by Gasteiger charge is -2.24. The lowest BCUT2D eigenvalue weighted by atomic mass is 10.0. The first-order valence-electron chi connectivity index (χ1n) is 15.9. The van der Waals surface area contributed by atoms with Crippen molar-refractivity contribution in [2.75, 3.05) is 46.6 Å². The number of carbonyl (C=O) groups is 2. The highest BCUT2D eigenvalue weighted by molar-refractivity contribution is 6.00. The van der Waals surface area contributed by atoms with Crippen molar-refractivity contribution in [1.29, 1.82) is 0 Å². The highest BCUT2D eigenvalue weighted by Gasteiger charge is 2.25. The van der Waals surface area contributed by atoms with Gasteiger partial charge in [-0.2, -0.15) is 0 Å². The monoisotopic (exact) mass is 642 g/mol. The van der Waals surface area contributed by atoms with Gasteiger partial charge in [-0.1, -0.05) is 53.7 Å². The van der Waals surface area contributed by atoms with Crippen LogP contribution in [0.2, 0.25) is 0 Å². The maximum Gasteiger partial charge on any atom is 0.255 e. The number of ether oxygens (including phenoxy) is 3. The second-order valence-electron chi connectivity index (χ2n) is 11.3. The minimum atomic E-state index is -0.825. The van der Waals surface area contributed by atoms with Crippen LogP contribution in [0.4, 0.5) is 0 Å². The van der Waals surface area contributed by atoms with Crippen LogP contribution in [0.1, 0.15) is 33.6 Å². The third-order valence-corrected chi connectivity index (χ3v) is 7.79. The second kappa shape index (κ2) is 17.1. The maximum atomic E-state index is 13.7. The molecule has 47 heavy (non-hydrogen) atoms. The van der Waals surface area contributed by atoms with E-state index in [9.17, 15) is 9.59 Å². The van der Waals surface area contributed by atoms with Crippen LogP contribution < -0.4 is 24.8 Å². The molecule has 1 aliphatic rings. The molecule has 0 spiro atoms. The van der Waals surface area contributed by atoms with Crippen molar-refractivity contribution in [2.24, 2.45) is 0 Å². The van der Waals surface area contributed by atoms with E-state index in [1.54, 1.807) is 22.9 Å². The molecule has 0 saturated heterocycles. The van der Waals surface area contributed by atoms with Crippen molar-refractivity contribution in [2.45, 2.75) is 38.4 Å². The molecular weight excluding hydrogens is 600 g/mol. The number of nitrogens with one attached hydrogen (secondary N) is 2. The molecule has 5 rings (SSSR count). The summed E-state index contributed by atoms with van der Waals surface area (Å²) in [6.45, 7) is 3.28. The first-order chi connectivity index (χ1) is 23.0. The van der Waals surface area contributed by atoms with E-state index < -0.39 is 11.9 Å².